The minimum atomic E-state index is -0.719. The Morgan fingerprint density at radius 3 is 2.38 bits per heavy atom. The Balaban J connectivity index is 1.99. The molecule has 110 valence electrons. The fourth-order valence-electron chi connectivity index (χ4n) is 1.62. The lowest BCUT2D eigenvalue weighted by molar-refractivity contribution is 0.591. The zero-order valence-electron chi connectivity index (χ0n) is 10.6. The summed E-state index contributed by atoms with van der Waals surface area (Å²) >= 11 is 16.8. The molecule has 21 heavy (non-hydrogen) atoms. The highest BCUT2D eigenvalue weighted by Gasteiger charge is 2.10. The Labute approximate surface area is 136 Å². The van der Waals surface area contributed by atoms with Gasteiger partial charge in [0.2, 0.25) is 0 Å². The Morgan fingerprint density at radius 1 is 1.10 bits per heavy atom. The number of halogens is 4. The van der Waals surface area contributed by atoms with Gasteiger partial charge in [-0.05, 0) is 42.0 Å². The van der Waals surface area contributed by atoms with E-state index < -0.39 is 11.6 Å². The fraction of sp³-hybridized carbons (Fsp3) is 0.0714. The maximum Gasteiger partial charge on any atom is 0.171 e. The number of rotatable bonds is 3. The van der Waals surface area contributed by atoms with E-state index in [9.17, 15) is 8.78 Å². The molecule has 0 aliphatic carbocycles. The summed E-state index contributed by atoms with van der Waals surface area (Å²) in [5, 5.41) is 6.40. The number of para-hydroxylation sites is 1. The maximum absolute atomic E-state index is 13.5. The second-order valence-corrected chi connectivity index (χ2v) is 5.39. The molecule has 0 saturated heterocycles. The highest BCUT2D eigenvalue weighted by Crippen LogP contribution is 2.21. The zero-order valence-corrected chi connectivity index (χ0v) is 12.9. The lowest BCUT2D eigenvalue weighted by Crippen LogP contribution is -2.28. The molecule has 2 N–H and O–H groups in total. The molecule has 2 aromatic rings. The third kappa shape index (κ3) is 4.27. The van der Waals surface area contributed by atoms with Crippen molar-refractivity contribution < 1.29 is 8.78 Å². The summed E-state index contributed by atoms with van der Waals surface area (Å²) in [6, 6.07) is 8.60. The van der Waals surface area contributed by atoms with Crippen LogP contribution in [-0.4, -0.2) is 5.11 Å². The van der Waals surface area contributed by atoms with Gasteiger partial charge in [0.15, 0.2) is 5.11 Å². The van der Waals surface area contributed by atoms with Gasteiger partial charge in [0, 0.05) is 16.6 Å². The number of hydrogen-bond acceptors (Lipinski definition) is 1. The van der Waals surface area contributed by atoms with Crippen LogP contribution in [0.4, 0.5) is 14.5 Å². The molecule has 2 rings (SSSR count). The van der Waals surface area contributed by atoms with Crippen molar-refractivity contribution in [2.45, 2.75) is 6.54 Å². The number of thiocarbonyl (C=S) groups is 1. The minimum absolute atomic E-state index is 0.0880. The van der Waals surface area contributed by atoms with Gasteiger partial charge in [-0.3, -0.25) is 0 Å². The molecular formula is C14H10Cl2F2N2S. The van der Waals surface area contributed by atoms with E-state index in [0.29, 0.717) is 16.6 Å². The molecule has 0 saturated carbocycles. The van der Waals surface area contributed by atoms with Gasteiger partial charge in [-0.25, -0.2) is 8.78 Å². The van der Waals surface area contributed by atoms with Gasteiger partial charge >= 0.3 is 0 Å². The van der Waals surface area contributed by atoms with Gasteiger partial charge < -0.3 is 10.6 Å². The summed E-state index contributed by atoms with van der Waals surface area (Å²) in [6.07, 6.45) is 0. The fourth-order valence-corrected chi connectivity index (χ4v) is 2.27. The maximum atomic E-state index is 13.5. The lowest BCUT2D eigenvalue weighted by atomic mass is 10.2. The minimum Gasteiger partial charge on any atom is -0.358 e. The Hall–Kier alpha value is -1.43. The molecule has 7 heteroatoms. The van der Waals surface area contributed by atoms with Crippen LogP contribution < -0.4 is 10.6 Å². The lowest BCUT2D eigenvalue weighted by Gasteiger charge is -2.12. The molecular weight excluding hydrogens is 337 g/mol. The van der Waals surface area contributed by atoms with Crippen LogP contribution in [0.1, 0.15) is 5.56 Å². The second-order valence-electron chi connectivity index (χ2n) is 4.14. The van der Waals surface area contributed by atoms with Crippen LogP contribution in [0.2, 0.25) is 10.0 Å². The van der Waals surface area contributed by atoms with Crippen LogP contribution in [0.25, 0.3) is 0 Å². The second kappa shape index (κ2) is 7.02. The number of nitrogens with one attached hydrogen (secondary N) is 2. The van der Waals surface area contributed by atoms with Crippen LogP contribution in [0.15, 0.2) is 36.4 Å². The summed E-state index contributed by atoms with van der Waals surface area (Å²) in [4.78, 5) is 0. The number of anilines is 1. The molecule has 0 bridgehead atoms. The molecule has 0 radical (unpaired) electrons. The molecule has 0 aliphatic rings. The zero-order chi connectivity index (χ0) is 15.4. The average Bonchev–Trinajstić information content (AvgIpc) is 2.42. The predicted octanol–water partition coefficient (Wildman–Crippen LogP) is 4.76. The van der Waals surface area contributed by atoms with Crippen molar-refractivity contribution in [3.05, 3.63) is 63.6 Å². The van der Waals surface area contributed by atoms with E-state index in [4.69, 9.17) is 35.4 Å². The smallest absolute Gasteiger partial charge is 0.171 e. The summed E-state index contributed by atoms with van der Waals surface area (Å²) in [5.74, 6) is -1.44. The predicted molar refractivity (Wildman–Crippen MR) is 85.9 cm³/mol. The summed E-state index contributed by atoms with van der Waals surface area (Å²) < 4.78 is 26.9. The first-order chi connectivity index (χ1) is 9.97. The van der Waals surface area contributed by atoms with Gasteiger partial charge in [-0.2, -0.15) is 0 Å². The van der Waals surface area contributed by atoms with Crippen LogP contribution >= 0.6 is 35.4 Å². The van der Waals surface area contributed by atoms with E-state index in [-0.39, 0.29) is 10.8 Å². The van der Waals surface area contributed by atoms with Crippen molar-refractivity contribution >= 4 is 46.2 Å². The van der Waals surface area contributed by atoms with Crippen LogP contribution in [-0.2, 0) is 6.54 Å². The van der Waals surface area contributed by atoms with Crippen molar-refractivity contribution in [1.29, 1.82) is 0 Å². The van der Waals surface area contributed by atoms with Crippen LogP contribution in [0.3, 0.4) is 0 Å². The normalized spacial score (nSPS) is 10.3. The number of benzene rings is 2. The van der Waals surface area contributed by atoms with E-state index in [1.165, 1.54) is 6.07 Å². The summed E-state index contributed by atoms with van der Waals surface area (Å²) in [7, 11) is 0. The molecule has 0 aliphatic heterocycles. The monoisotopic (exact) mass is 346 g/mol. The van der Waals surface area contributed by atoms with Gasteiger partial charge in [-0.15, -0.1) is 0 Å². The van der Waals surface area contributed by atoms with E-state index in [0.717, 1.165) is 17.7 Å². The van der Waals surface area contributed by atoms with Crippen molar-refractivity contribution in [2.75, 3.05) is 5.32 Å². The van der Waals surface area contributed by atoms with E-state index >= 15 is 0 Å². The van der Waals surface area contributed by atoms with Crippen molar-refractivity contribution in [3.8, 4) is 0 Å². The van der Waals surface area contributed by atoms with Crippen molar-refractivity contribution in [3.63, 3.8) is 0 Å². The number of hydrogen-bond donors (Lipinski definition) is 2. The Bertz CT molecular complexity index is 660. The molecule has 2 aromatic carbocycles. The molecule has 0 spiro atoms. The highest BCUT2D eigenvalue weighted by atomic mass is 35.5. The standard InChI is InChI=1S/C14H10Cl2F2N2S/c15-9-5-4-8(10(16)6-9)7-19-14(21)20-13-11(17)2-1-3-12(13)18/h1-6H,7H2,(H2,19,20,21). The quantitative estimate of drug-likeness (QED) is 0.783. The molecule has 2 nitrogen and oxygen atoms in total. The van der Waals surface area contributed by atoms with Crippen molar-refractivity contribution in [1.82, 2.24) is 5.32 Å². The first-order valence-corrected chi connectivity index (χ1v) is 7.06. The molecule has 0 aromatic heterocycles. The third-order valence-corrected chi connectivity index (χ3v) is 3.49. The van der Waals surface area contributed by atoms with Gasteiger partial charge in [0.25, 0.3) is 0 Å². The molecule has 0 fully saturated rings. The van der Waals surface area contributed by atoms with E-state index in [2.05, 4.69) is 10.6 Å². The van der Waals surface area contributed by atoms with Crippen LogP contribution in [0, 0.1) is 11.6 Å². The van der Waals surface area contributed by atoms with E-state index in [1.54, 1.807) is 18.2 Å². The van der Waals surface area contributed by atoms with Gasteiger partial charge in [0.05, 0.1) is 0 Å². The Kier molecular flexibility index (Phi) is 5.33. The van der Waals surface area contributed by atoms with Gasteiger partial charge in [0.1, 0.15) is 17.3 Å². The molecule has 0 atom stereocenters. The first-order valence-electron chi connectivity index (χ1n) is 5.90. The van der Waals surface area contributed by atoms with E-state index in [1.807, 2.05) is 0 Å². The first kappa shape index (κ1) is 15.9. The Morgan fingerprint density at radius 2 is 1.76 bits per heavy atom. The van der Waals surface area contributed by atoms with Gasteiger partial charge in [-0.1, -0.05) is 35.3 Å². The topological polar surface area (TPSA) is 24.1 Å². The average molecular weight is 347 g/mol. The largest absolute Gasteiger partial charge is 0.358 e. The molecule has 0 heterocycles. The summed E-state index contributed by atoms with van der Waals surface area (Å²) in [6.45, 7) is 0.303. The van der Waals surface area contributed by atoms with Crippen molar-refractivity contribution in [2.24, 2.45) is 0 Å². The third-order valence-electron chi connectivity index (χ3n) is 2.66. The van der Waals surface area contributed by atoms with Crippen LogP contribution in [0.5, 0.6) is 0 Å². The molecule has 0 amide bonds. The highest BCUT2D eigenvalue weighted by molar-refractivity contribution is 7.80. The molecule has 0 unspecified atom stereocenters. The SMILES string of the molecule is Fc1cccc(F)c1NC(=S)NCc1ccc(Cl)cc1Cl. The summed E-state index contributed by atoms with van der Waals surface area (Å²) in [5.41, 5.74) is 0.469.